The molecular weight excluding hydrogens is 679 g/mol. The molecule has 0 aromatic heterocycles. The van der Waals surface area contributed by atoms with Crippen molar-refractivity contribution in [1.82, 2.24) is 0 Å². The Morgan fingerprint density at radius 2 is 1.00 bits per heavy atom. The minimum absolute atomic E-state index is 0. The summed E-state index contributed by atoms with van der Waals surface area (Å²) in [5, 5.41) is 0. The maximum atomic E-state index is 8.48. The van der Waals surface area contributed by atoms with E-state index in [2.05, 4.69) is 114 Å². The number of hydrogen-bond acceptors (Lipinski definition) is 6. The largest absolute Gasteiger partial charge is 0.598 e. The topological polar surface area (TPSA) is 126 Å². The molecule has 9 heteroatoms. The fourth-order valence-electron chi connectivity index (χ4n) is 3.45. The van der Waals surface area contributed by atoms with E-state index >= 15 is 0 Å². The molecule has 3 aromatic rings. The van der Waals surface area contributed by atoms with Crippen LogP contribution in [0.1, 0.15) is 52.7 Å². The molecule has 3 rings (SSSR count). The third-order valence-electron chi connectivity index (χ3n) is 5.00. The van der Waals surface area contributed by atoms with Crippen LogP contribution >= 0.6 is 16.5 Å². The van der Waals surface area contributed by atoms with Crippen LogP contribution < -0.4 is 19.6 Å². The zero-order valence-corrected chi connectivity index (χ0v) is 26.0. The van der Waals surface area contributed by atoms with E-state index in [4.69, 9.17) is 28.7 Å². The number of hydrogen-bond donors (Lipinski definition) is 0. The van der Waals surface area contributed by atoms with Gasteiger partial charge in [-0.05, 0) is 44.2 Å². The van der Waals surface area contributed by atoms with Crippen molar-refractivity contribution in [2.45, 2.75) is 52.4 Å². The summed E-state index contributed by atoms with van der Waals surface area (Å²) in [5.74, 6) is 0. The second kappa shape index (κ2) is 15.0. The molecule has 0 unspecified atom stereocenters. The molecule has 0 atom stereocenters. The Hall–Kier alpha value is -1.42. The first-order chi connectivity index (χ1) is 15.6. The molecule has 3 aromatic carbocycles. The molecular formula is C26H30BiO6P2-2. The Morgan fingerprint density at radius 1 is 0.571 bits per heavy atom. The van der Waals surface area contributed by atoms with Gasteiger partial charge in [0.15, 0.2) is 0 Å². The Balaban J connectivity index is 0.00000112. The van der Waals surface area contributed by atoms with Gasteiger partial charge in [0, 0.05) is 26.2 Å². The Morgan fingerprint density at radius 3 is 1.43 bits per heavy atom. The minimum Gasteiger partial charge on any atom is -0.598 e. The Kier molecular flexibility index (Phi) is 14.4. The van der Waals surface area contributed by atoms with Crippen molar-refractivity contribution >= 4 is 42.7 Å². The van der Waals surface area contributed by atoms with Crippen molar-refractivity contribution in [2.75, 3.05) is 0 Å². The van der Waals surface area contributed by atoms with E-state index in [0.717, 1.165) is 0 Å². The van der Waals surface area contributed by atoms with Gasteiger partial charge in [0.2, 0.25) is 0 Å². The summed E-state index contributed by atoms with van der Waals surface area (Å²) in [6.07, 6.45) is 0. The summed E-state index contributed by atoms with van der Waals surface area (Å²) in [4.78, 5) is 33.9. The van der Waals surface area contributed by atoms with Gasteiger partial charge in [-0.1, -0.05) is 123 Å². The van der Waals surface area contributed by atoms with Crippen LogP contribution in [0.4, 0.5) is 0 Å². The standard InChI is InChI=1S/C26H30.Bi.2HO3P/c1-25(2,3)20-16-17-23(24(18-20)26(4,5)6)22-15-11-10-14-21(22)19-12-8-7-9-13-19;;2*1-4(2)3/h7-18H,1-6H3;;2*(H,1,2,3)/p-2. The average molecular weight is 709 g/mol. The van der Waals surface area contributed by atoms with Gasteiger partial charge in [-0.15, -0.1) is 0 Å². The zero-order valence-electron chi connectivity index (χ0n) is 20.7. The molecule has 0 saturated carbocycles. The van der Waals surface area contributed by atoms with Crippen LogP contribution in [0.25, 0.3) is 22.3 Å². The fraction of sp³-hybridized carbons (Fsp3) is 0.308. The summed E-state index contributed by atoms with van der Waals surface area (Å²) in [6, 6.07) is 26.5. The van der Waals surface area contributed by atoms with Gasteiger partial charge in [0.25, 0.3) is 16.5 Å². The van der Waals surface area contributed by atoms with Gasteiger partial charge in [-0.3, -0.25) is 0 Å². The minimum atomic E-state index is -3.37. The molecule has 35 heavy (non-hydrogen) atoms. The number of rotatable bonds is 2. The van der Waals surface area contributed by atoms with Gasteiger partial charge < -0.3 is 19.6 Å². The molecule has 0 fully saturated rings. The predicted molar refractivity (Wildman–Crippen MR) is 136 cm³/mol. The second-order valence-corrected chi connectivity index (χ2v) is 10.5. The van der Waals surface area contributed by atoms with Crippen molar-refractivity contribution in [2.24, 2.45) is 0 Å². The van der Waals surface area contributed by atoms with Gasteiger partial charge in [0.1, 0.15) is 0 Å². The molecule has 0 aliphatic carbocycles. The third-order valence-corrected chi connectivity index (χ3v) is 5.00. The van der Waals surface area contributed by atoms with E-state index < -0.39 is 16.5 Å². The molecule has 0 spiro atoms. The molecule has 0 amide bonds. The van der Waals surface area contributed by atoms with E-state index in [-0.39, 0.29) is 37.0 Å². The van der Waals surface area contributed by atoms with Crippen molar-refractivity contribution in [1.29, 1.82) is 0 Å². The maximum Gasteiger partial charge on any atom is 0.276 e. The van der Waals surface area contributed by atoms with E-state index in [1.165, 1.54) is 33.4 Å². The summed E-state index contributed by atoms with van der Waals surface area (Å²) in [7, 11) is -6.74. The Bertz CT molecular complexity index is 1090. The maximum absolute atomic E-state index is 8.48. The van der Waals surface area contributed by atoms with E-state index in [1.54, 1.807) is 0 Å². The molecule has 0 saturated heterocycles. The third kappa shape index (κ3) is 11.9. The van der Waals surface area contributed by atoms with Crippen molar-refractivity contribution in [3.63, 3.8) is 0 Å². The van der Waals surface area contributed by atoms with Crippen LogP contribution in [0.15, 0.2) is 72.8 Å². The van der Waals surface area contributed by atoms with E-state index in [9.17, 15) is 0 Å². The molecule has 0 N–H and O–H groups in total. The van der Waals surface area contributed by atoms with Gasteiger partial charge in [-0.25, -0.2) is 0 Å². The summed E-state index contributed by atoms with van der Waals surface area (Å²) in [5.41, 5.74) is 8.24. The summed E-state index contributed by atoms with van der Waals surface area (Å²) in [6.45, 7) is 13.8. The predicted octanol–water partition coefficient (Wildman–Crippen LogP) is 3.96. The van der Waals surface area contributed by atoms with Gasteiger partial charge in [0.05, 0.1) is 0 Å². The van der Waals surface area contributed by atoms with Crippen LogP contribution in [0.2, 0.25) is 0 Å². The van der Waals surface area contributed by atoms with E-state index in [1.807, 2.05) is 0 Å². The quantitative estimate of drug-likeness (QED) is 0.293. The zero-order chi connectivity index (χ0) is 26.1. The van der Waals surface area contributed by atoms with Crippen LogP contribution in [0, 0.1) is 0 Å². The molecule has 0 aliphatic rings. The monoisotopic (exact) mass is 709 g/mol. The van der Waals surface area contributed by atoms with Crippen molar-refractivity contribution < 1.29 is 28.7 Å². The summed E-state index contributed by atoms with van der Waals surface area (Å²) >= 11 is 0. The molecule has 6 nitrogen and oxygen atoms in total. The molecule has 0 aliphatic heterocycles. The van der Waals surface area contributed by atoms with Crippen LogP contribution in [0.5, 0.6) is 0 Å². The average Bonchev–Trinajstić information content (AvgIpc) is 2.72. The van der Waals surface area contributed by atoms with Crippen LogP contribution in [0.3, 0.4) is 0 Å². The molecule has 0 heterocycles. The Labute approximate surface area is 229 Å². The normalized spacial score (nSPS) is 10.6. The van der Waals surface area contributed by atoms with Crippen molar-refractivity contribution in [3.05, 3.63) is 83.9 Å². The molecule has 187 valence electrons. The first-order valence-electron chi connectivity index (χ1n) is 10.6. The molecule has 3 radical (unpaired) electrons. The summed E-state index contributed by atoms with van der Waals surface area (Å²) < 4.78 is 17.0. The first kappa shape index (κ1) is 33.6. The first-order valence-corrected chi connectivity index (χ1v) is 12.8. The molecule has 0 bridgehead atoms. The SMILES string of the molecule is CC(C)(C)c1ccc(-c2ccccc2-c2ccccc2)c(C(C)(C)C)c1.O=[P+]([O-])[O-].O=[P+]([O-])[O-].[Bi]. The van der Waals surface area contributed by atoms with Gasteiger partial charge >= 0.3 is 0 Å². The van der Waals surface area contributed by atoms with Crippen LogP contribution in [-0.4, -0.2) is 26.2 Å². The second-order valence-electron chi connectivity index (χ2n) is 9.62. The fourth-order valence-corrected chi connectivity index (χ4v) is 3.45. The smallest absolute Gasteiger partial charge is 0.276 e. The van der Waals surface area contributed by atoms with Crippen molar-refractivity contribution in [3.8, 4) is 22.3 Å². The van der Waals surface area contributed by atoms with Crippen LogP contribution in [-0.2, 0) is 20.0 Å². The van der Waals surface area contributed by atoms with E-state index in [0.29, 0.717) is 0 Å². The van der Waals surface area contributed by atoms with Gasteiger partial charge in [-0.2, -0.15) is 0 Å². The number of benzene rings is 3.